The Morgan fingerprint density at radius 1 is 1.24 bits per heavy atom. The van der Waals surface area contributed by atoms with Gasteiger partial charge in [0.2, 0.25) is 0 Å². The second-order valence-corrected chi connectivity index (χ2v) is 6.97. The van der Waals surface area contributed by atoms with E-state index in [1.807, 2.05) is 17.2 Å². The molecule has 0 aliphatic carbocycles. The van der Waals surface area contributed by atoms with E-state index in [1.165, 1.54) is 16.2 Å². The SMILES string of the molecule is Cn1c(C(=O)N2C[C@@H]3CCN(Cc4cccnc4)[C@@H]3C2)cccc1=O. The van der Waals surface area contributed by atoms with Crippen molar-refractivity contribution in [1.29, 1.82) is 0 Å². The van der Waals surface area contributed by atoms with Crippen LogP contribution in [0.4, 0.5) is 0 Å². The first kappa shape index (κ1) is 16.0. The van der Waals surface area contributed by atoms with Gasteiger partial charge < -0.3 is 9.47 Å². The van der Waals surface area contributed by atoms with Crippen LogP contribution in [0.15, 0.2) is 47.5 Å². The molecule has 0 saturated carbocycles. The molecular weight excluding hydrogens is 316 g/mol. The maximum absolute atomic E-state index is 12.9. The zero-order valence-corrected chi connectivity index (χ0v) is 14.3. The van der Waals surface area contributed by atoms with Crippen molar-refractivity contribution in [1.82, 2.24) is 19.4 Å². The highest BCUT2D eigenvalue weighted by Gasteiger charge is 2.43. The van der Waals surface area contributed by atoms with Gasteiger partial charge in [-0.2, -0.15) is 0 Å². The molecule has 2 saturated heterocycles. The summed E-state index contributed by atoms with van der Waals surface area (Å²) in [6, 6.07) is 9.31. The number of nitrogens with zero attached hydrogens (tertiary/aromatic N) is 4. The van der Waals surface area contributed by atoms with Gasteiger partial charge in [-0.3, -0.25) is 19.5 Å². The first-order valence-electron chi connectivity index (χ1n) is 8.72. The fourth-order valence-corrected chi connectivity index (χ4v) is 4.08. The average Bonchev–Trinajstić information content (AvgIpc) is 3.20. The Hall–Kier alpha value is -2.47. The minimum Gasteiger partial charge on any atom is -0.335 e. The van der Waals surface area contributed by atoms with Gasteiger partial charge in [-0.15, -0.1) is 0 Å². The van der Waals surface area contributed by atoms with Crippen molar-refractivity contribution in [2.24, 2.45) is 13.0 Å². The molecule has 0 bridgehead atoms. The Bertz CT molecular complexity index is 833. The summed E-state index contributed by atoms with van der Waals surface area (Å²) in [6.45, 7) is 3.44. The molecule has 6 nitrogen and oxygen atoms in total. The zero-order valence-electron chi connectivity index (χ0n) is 14.3. The van der Waals surface area contributed by atoms with E-state index in [0.717, 1.165) is 32.6 Å². The Balaban J connectivity index is 1.48. The molecule has 2 aliphatic rings. The lowest BCUT2D eigenvalue weighted by molar-refractivity contribution is 0.0759. The highest BCUT2D eigenvalue weighted by Crippen LogP contribution is 2.33. The van der Waals surface area contributed by atoms with E-state index in [9.17, 15) is 9.59 Å². The van der Waals surface area contributed by atoms with Gasteiger partial charge in [0.05, 0.1) is 0 Å². The Morgan fingerprint density at radius 2 is 2.12 bits per heavy atom. The molecule has 25 heavy (non-hydrogen) atoms. The van der Waals surface area contributed by atoms with Gasteiger partial charge in [-0.05, 0) is 36.6 Å². The molecule has 6 heteroatoms. The molecule has 2 aliphatic heterocycles. The summed E-state index contributed by atoms with van der Waals surface area (Å²) in [5.41, 5.74) is 1.52. The topological polar surface area (TPSA) is 58.4 Å². The number of hydrogen-bond acceptors (Lipinski definition) is 4. The fourth-order valence-electron chi connectivity index (χ4n) is 4.08. The van der Waals surface area contributed by atoms with Gasteiger partial charge >= 0.3 is 0 Å². The van der Waals surface area contributed by atoms with Crippen LogP contribution in [-0.2, 0) is 13.6 Å². The minimum absolute atomic E-state index is 0.0454. The van der Waals surface area contributed by atoms with Gasteiger partial charge in [-0.1, -0.05) is 12.1 Å². The third kappa shape index (κ3) is 2.98. The van der Waals surface area contributed by atoms with Crippen molar-refractivity contribution in [3.8, 4) is 0 Å². The van der Waals surface area contributed by atoms with Crippen molar-refractivity contribution in [3.05, 3.63) is 64.3 Å². The van der Waals surface area contributed by atoms with Crippen molar-refractivity contribution in [3.63, 3.8) is 0 Å². The lowest BCUT2D eigenvalue weighted by Crippen LogP contribution is -2.38. The van der Waals surface area contributed by atoms with Crippen molar-refractivity contribution >= 4 is 5.91 Å². The molecule has 0 aromatic carbocycles. The normalized spacial score (nSPS) is 23.0. The highest BCUT2D eigenvalue weighted by atomic mass is 16.2. The first-order chi connectivity index (χ1) is 12.1. The van der Waals surface area contributed by atoms with Crippen LogP contribution < -0.4 is 5.56 Å². The molecule has 0 spiro atoms. The van der Waals surface area contributed by atoms with E-state index in [0.29, 0.717) is 17.7 Å². The van der Waals surface area contributed by atoms with Crippen LogP contribution >= 0.6 is 0 Å². The Labute approximate surface area is 146 Å². The standard InChI is InChI=1S/C19H22N4O2/c1-21-16(5-2-6-18(21)24)19(25)23-12-15-7-9-22(17(15)13-23)11-14-4-3-8-20-10-14/h2-6,8,10,15,17H,7,9,11-13H2,1H3/t15-,17+/m0/s1. The highest BCUT2D eigenvalue weighted by molar-refractivity contribution is 5.92. The molecular formula is C19H22N4O2. The van der Waals surface area contributed by atoms with E-state index in [1.54, 1.807) is 25.4 Å². The van der Waals surface area contributed by atoms with Crippen LogP contribution in [0.3, 0.4) is 0 Å². The molecule has 2 aromatic heterocycles. The van der Waals surface area contributed by atoms with E-state index < -0.39 is 0 Å². The number of pyridine rings is 2. The van der Waals surface area contributed by atoms with Crippen molar-refractivity contribution in [2.45, 2.75) is 19.0 Å². The largest absolute Gasteiger partial charge is 0.335 e. The first-order valence-corrected chi connectivity index (χ1v) is 8.72. The smallest absolute Gasteiger partial charge is 0.270 e. The summed E-state index contributed by atoms with van der Waals surface area (Å²) in [4.78, 5) is 33.2. The van der Waals surface area contributed by atoms with Gasteiger partial charge in [0.15, 0.2) is 0 Å². The summed E-state index contributed by atoms with van der Waals surface area (Å²) in [7, 11) is 1.65. The lowest BCUT2D eigenvalue weighted by Gasteiger charge is -2.25. The summed E-state index contributed by atoms with van der Waals surface area (Å²) in [6.07, 6.45) is 4.81. The molecule has 0 unspecified atom stereocenters. The van der Waals surface area contributed by atoms with Crippen LogP contribution in [0, 0.1) is 5.92 Å². The van der Waals surface area contributed by atoms with Crippen molar-refractivity contribution in [2.75, 3.05) is 19.6 Å². The molecule has 4 heterocycles. The van der Waals surface area contributed by atoms with E-state index >= 15 is 0 Å². The van der Waals surface area contributed by atoms with Gasteiger partial charge in [-0.25, -0.2) is 0 Å². The van der Waals surface area contributed by atoms with E-state index in [4.69, 9.17) is 0 Å². The summed E-state index contributed by atoms with van der Waals surface area (Å²) < 4.78 is 1.43. The summed E-state index contributed by atoms with van der Waals surface area (Å²) in [5, 5.41) is 0. The Morgan fingerprint density at radius 3 is 2.92 bits per heavy atom. The molecule has 0 radical (unpaired) electrons. The summed E-state index contributed by atoms with van der Waals surface area (Å²) >= 11 is 0. The second-order valence-electron chi connectivity index (χ2n) is 6.97. The monoisotopic (exact) mass is 338 g/mol. The number of rotatable bonds is 3. The quantitative estimate of drug-likeness (QED) is 0.842. The third-order valence-electron chi connectivity index (χ3n) is 5.46. The number of carbonyl (C=O) groups is 1. The molecule has 2 fully saturated rings. The fraction of sp³-hybridized carbons (Fsp3) is 0.421. The number of likely N-dealkylation sites (tertiary alicyclic amines) is 2. The predicted octanol–water partition coefficient (Wildman–Crippen LogP) is 1.13. The number of fused-ring (bicyclic) bond motifs is 1. The van der Waals surface area contributed by atoms with E-state index in [2.05, 4.69) is 16.0 Å². The third-order valence-corrected chi connectivity index (χ3v) is 5.46. The molecule has 2 atom stereocenters. The number of aromatic nitrogens is 2. The number of hydrogen-bond donors (Lipinski definition) is 0. The van der Waals surface area contributed by atoms with Crippen LogP contribution in [-0.4, -0.2) is 50.9 Å². The van der Waals surface area contributed by atoms with Crippen LogP contribution in [0.25, 0.3) is 0 Å². The molecule has 0 N–H and O–H groups in total. The predicted molar refractivity (Wildman–Crippen MR) is 94.1 cm³/mol. The Kier molecular flexibility index (Phi) is 4.13. The van der Waals surface area contributed by atoms with Crippen LogP contribution in [0.1, 0.15) is 22.5 Å². The van der Waals surface area contributed by atoms with Crippen LogP contribution in [0.5, 0.6) is 0 Å². The number of amides is 1. The van der Waals surface area contributed by atoms with Crippen molar-refractivity contribution < 1.29 is 4.79 Å². The molecule has 1 amide bonds. The van der Waals surface area contributed by atoms with Gasteiger partial charge in [0.25, 0.3) is 11.5 Å². The second kappa shape index (κ2) is 6.44. The molecule has 130 valence electrons. The lowest BCUT2D eigenvalue weighted by atomic mass is 10.1. The molecule has 2 aromatic rings. The maximum atomic E-state index is 12.9. The number of carbonyl (C=O) groups excluding carboxylic acids is 1. The molecule has 4 rings (SSSR count). The zero-order chi connectivity index (χ0) is 17.4. The summed E-state index contributed by atoms with van der Waals surface area (Å²) in [5.74, 6) is 0.470. The van der Waals surface area contributed by atoms with E-state index in [-0.39, 0.29) is 11.5 Å². The average molecular weight is 338 g/mol. The van der Waals surface area contributed by atoms with Gasteiger partial charge in [0, 0.05) is 51.2 Å². The van der Waals surface area contributed by atoms with Gasteiger partial charge in [0.1, 0.15) is 5.69 Å². The minimum atomic E-state index is -0.150. The van der Waals surface area contributed by atoms with Crippen LogP contribution in [0.2, 0.25) is 0 Å². The maximum Gasteiger partial charge on any atom is 0.270 e.